The molecule has 5 nitrogen and oxygen atoms in total. The Morgan fingerprint density at radius 2 is 1.83 bits per heavy atom. The van der Waals surface area contributed by atoms with E-state index < -0.39 is 0 Å². The van der Waals surface area contributed by atoms with Crippen molar-refractivity contribution in [2.75, 3.05) is 0 Å². The van der Waals surface area contributed by atoms with E-state index in [1.807, 2.05) is 6.92 Å². The Bertz CT molecular complexity index is 588. The summed E-state index contributed by atoms with van der Waals surface area (Å²) in [6.07, 6.45) is 2.30. The fraction of sp³-hybridized carbons (Fsp3) is 0.818. The van der Waals surface area contributed by atoms with Crippen molar-refractivity contribution < 1.29 is 0 Å². The minimum Gasteiger partial charge on any atom is -0.246 e. The summed E-state index contributed by atoms with van der Waals surface area (Å²) in [4.78, 5) is 24.6. The van der Waals surface area contributed by atoms with E-state index in [9.17, 15) is 9.59 Å². The lowest BCUT2D eigenvalue weighted by Crippen LogP contribution is -2.38. The quantitative estimate of drug-likeness (QED) is 0.772. The summed E-state index contributed by atoms with van der Waals surface area (Å²) in [5.74, 6) is 0. The fourth-order valence-electron chi connectivity index (χ4n) is 3.13. The molecule has 2 heterocycles. The predicted molar refractivity (Wildman–Crippen MR) is 69.8 cm³/mol. The van der Waals surface area contributed by atoms with Crippen LogP contribution in [-0.2, 0) is 6.54 Å². The highest BCUT2D eigenvalue weighted by atomic mass is 35.5. The SMILES string of the molecule is CCCn1c(=O)n2n(c1=O)[C@H]1C(Cl)[C@@H]2CC[C@@H]1Cl. The molecule has 1 aliphatic heterocycles. The molecule has 1 aliphatic carbocycles. The van der Waals surface area contributed by atoms with E-state index in [2.05, 4.69) is 0 Å². The molecule has 1 fully saturated rings. The Morgan fingerprint density at radius 1 is 1.17 bits per heavy atom. The highest BCUT2D eigenvalue weighted by Crippen LogP contribution is 2.45. The van der Waals surface area contributed by atoms with Gasteiger partial charge in [0.15, 0.2) is 0 Å². The number of fused-ring (bicyclic) bond motifs is 5. The van der Waals surface area contributed by atoms with Gasteiger partial charge < -0.3 is 0 Å². The maximum atomic E-state index is 12.3. The fourth-order valence-corrected chi connectivity index (χ4v) is 4.11. The second-order valence-electron chi connectivity index (χ2n) is 5.00. The molecule has 1 aromatic rings. The first kappa shape index (κ1) is 12.4. The van der Waals surface area contributed by atoms with Crippen molar-refractivity contribution in [3.05, 3.63) is 21.0 Å². The third kappa shape index (κ3) is 1.40. The molecule has 1 saturated carbocycles. The zero-order valence-electron chi connectivity index (χ0n) is 10.1. The molecule has 7 heteroatoms. The second kappa shape index (κ2) is 4.17. The van der Waals surface area contributed by atoms with Gasteiger partial charge in [0, 0.05) is 6.54 Å². The van der Waals surface area contributed by atoms with Gasteiger partial charge in [0.1, 0.15) is 0 Å². The normalized spacial score (nSPS) is 33.7. The van der Waals surface area contributed by atoms with E-state index in [4.69, 9.17) is 23.2 Å². The van der Waals surface area contributed by atoms with Crippen LogP contribution in [0.15, 0.2) is 9.59 Å². The van der Waals surface area contributed by atoms with Crippen LogP contribution in [0, 0.1) is 0 Å². The molecule has 4 atom stereocenters. The van der Waals surface area contributed by atoms with Gasteiger partial charge in [-0.05, 0) is 19.3 Å². The van der Waals surface area contributed by atoms with Crippen LogP contribution in [0.3, 0.4) is 0 Å². The van der Waals surface area contributed by atoms with Crippen LogP contribution in [0.5, 0.6) is 0 Å². The van der Waals surface area contributed by atoms with Gasteiger partial charge in [0.25, 0.3) is 0 Å². The summed E-state index contributed by atoms with van der Waals surface area (Å²) >= 11 is 12.6. The van der Waals surface area contributed by atoms with E-state index in [-0.39, 0.29) is 34.2 Å². The Labute approximate surface area is 114 Å². The van der Waals surface area contributed by atoms with E-state index in [0.29, 0.717) is 6.54 Å². The van der Waals surface area contributed by atoms with Gasteiger partial charge in [-0.25, -0.2) is 23.5 Å². The van der Waals surface area contributed by atoms with Crippen molar-refractivity contribution in [1.29, 1.82) is 0 Å². The Hall–Kier alpha value is -0.680. The van der Waals surface area contributed by atoms with Crippen molar-refractivity contribution in [2.45, 2.75) is 55.6 Å². The molecule has 2 bridgehead atoms. The van der Waals surface area contributed by atoms with Gasteiger partial charge in [0.05, 0.1) is 22.8 Å². The molecule has 0 radical (unpaired) electrons. The summed E-state index contributed by atoms with van der Waals surface area (Å²) in [5.41, 5.74) is -0.515. The Balaban J connectivity index is 2.23. The zero-order valence-corrected chi connectivity index (χ0v) is 11.6. The summed E-state index contributed by atoms with van der Waals surface area (Å²) in [5, 5.41) is -0.426. The highest BCUT2D eigenvalue weighted by Gasteiger charge is 2.49. The van der Waals surface area contributed by atoms with Crippen LogP contribution in [0.25, 0.3) is 0 Å². The van der Waals surface area contributed by atoms with Gasteiger partial charge in [0.2, 0.25) is 0 Å². The number of aromatic nitrogens is 3. The molecular weight excluding hydrogens is 277 g/mol. The number of nitrogens with zero attached hydrogens (tertiary/aromatic N) is 3. The first-order valence-corrected chi connectivity index (χ1v) is 7.17. The Kier molecular flexibility index (Phi) is 2.86. The monoisotopic (exact) mass is 291 g/mol. The van der Waals surface area contributed by atoms with E-state index >= 15 is 0 Å². The van der Waals surface area contributed by atoms with Crippen molar-refractivity contribution in [2.24, 2.45) is 0 Å². The van der Waals surface area contributed by atoms with Crippen LogP contribution < -0.4 is 11.4 Å². The number of hydrogen-bond donors (Lipinski definition) is 0. The second-order valence-corrected chi connectivity index (χ2v) is 6.07. The van der Waals surface area contributed by atoms with Crippen LogP contribution >= 0.6 is 23.2 Å². The van der Waals surface area contributed by atoms with E-state index in [1.165, 1.54) is 13.9 Å². The zero-order chi connectivity index (χ0) is 13.0. The predicted octanol–water partition coefficient (Wildman–Crippen LogP) is 1.33. The van der Waals surface area contributed by atoms with E-state index in [0.717, 1.165) is 19.3 Å². The minimum absolute atomic E-state index is 0.0926. The van der Waals surface area contributed by atoms with Crippen LogP contribution in [-0.4, -0.2) is 24.7 Å². The largest absolute Gasteiger partial charge is 0.347 e. The molecule has 0 spiro atoms. The van der Waals surface area contributed by atoms with Crippen molar-refractivity contribution in [3.8, 4) is 0 Å². The van der Waals surface area contributed by atoms with E-state index in [1.54, 1.807) is 0 Å². The first-order valence-electron chi connectivity index (χ1n) is 6.30. The summed E-state index contributed by atoms with van der Waals surface area (Å²) < 4.78 is 4.31. The average Bonchev–Trinajstić information content (AvgIpc) is 2.67. The number of hydrogen-bond acceptors (Lipinski definition) is 2. The average molecular weight is 292 g/mol. The molecule has 100 valence electrons. The molecule has 18 heavy (non-hydrogen) atoms. The van der Waals surface area contributed by atoms with Crippen LogP contribution in [0.1, 0.15) is 38.3 Å². The third-order valence-electron chi connectivity index (χ3n) is 3.93. The maximum Gasteiger partial charge on any atom is 0.347 e. The molecule has 0 saturated heterocycles. The number of alkyl halides is 2. The third-order valence-corrected chi connectivity index (χ3v) is 4.96. The molecule has 3 rings (SSSR count). The van der Waals surface area contributed by atoms with Crippen molar-refractivity contribution in [1.82, 2.24) is 13.9 Å². The topological polar surface area (TPSA) is 48.9 Å². The van der Waals surface area contributed by atoms with Gasteiger partial charge in [-0.2, -0.15) is 0 Å². The molecule has 0 amide bonds. The van der Waals surface area contributed by atoms with Gasteiger partial charge in [-0.15, -0.1) is 23.2 Å². The standard InChI is InChI=1S/C11H15Cl2N3O2/c1-2-5-14-10(17)15-7-4-3-6(12)9(8(7)13)16(15)11(14)18/h6-9H,2-5H2,1H3/t6-,7-,8?,9+/m0/s1. The Morgan fingerprint density at radius 3 is 2.50 bits per heavy atom. The minimum atomic E-state index is -0.271. The van der Waals surface area contributed by atoms with Crippen molar-refractivity contribution >= 4 is 23.2 Å². The lowest BCUT2D eigenvalue weighted by molar-refractivity contribution is 0.377. The first-order chi connectivity index (χ1) is 8.57. The van der Waals surface area contributed by atoms with Gasteiger partial charge >= 0.3 is 11.4 Å². The van der Waals surface area contributed by atoms with Gasteiger partial charge in [-0.1, -0.05) is 6.92 Å². The molecular formula is C11H15Cl2N3O2. The molecule has 2 aliphatic rings. The van der Waals surface area contributed by atoms with Gasteiger partial charge in [-0.3, -0.25) is 0 Å². The van der Waals surface area contributed by atoms with Crippen molar-refractivity contribution in [3.63, 3.8) is 0 Å². The smallest absolute Gasteiger partial charge is 0.246 e. The lowest BCUT2D eigenvalue weighted by Gasteiger charge is -2.27. The molecule has 1 unspecified atom stereocenters. The van der Waals surface area contributed by atoms with Crippen LogP contribution in [0.2, 0.25) is 0 Å². The summed E-state index contributed by atoms with van der Waals surface area (Å²) in [7, 11) is 0. The summed E-state index contributed by atoms with van der Waals surface area (Å²) in [6, 6.07) is -0.352. The molecule has 0 N–H and O–H groups in total. The lowest BCUT2D eigenvalue weighted by atomic mass is 9.92. The summed E-state index contributed by atoms with van der Waals surface area (Å²) in [6.45, 7) is 2.39. The number of halogens is 2. The van der Waals surface area contributed by atoms with Crippen LogP contribution in [0.4, 0.5) is 0 Å². The maximum absolute atomic E-state index is 12.3. The highest BCUT2D eigenvalue weighted by molar-refractivity contribution is 6.24. The number of rotatable bonds is 2. The molecule has 0 aromatic carbocycles. The molecule has 1 aromatic heterocycles.